The van der Waals surface area contributed by atoms with Crippen LogP contribution in [0.5, 0.6) is 0 Å². The standard InChI is InChI=1S/C28H37N3O.C5H10O.C2H6/c1-5-20(4)29-17-23-12-14-31(27(23)18-29)26-10-8-24(16-21(26)6-2)30-13-11-22-15-19(3)7-9-25(22)28(30)32;1-5-3-2-4-6-5;1-2/h7-10,15-16,20,23,27H,5-6,11-14,17-18H2,1-4H3;5H,2-4H2,1H3;1-2H3/t;5-;/m.1./s1. The van der Waals surface area contributed by atoms with Crippen molar-refractivity contribution in [1.29, 1.82) is 0 Å². The van der Waals surface area contributed by atoms with E-state index in [-0.39, 0.29) is 5.91 Å². The zero-order valence-electron chi connectivity index (χ0n) is 26.2. The van der Waals surface area contributed by atoms with Gasteiger partial charge in [-0.05, 0) is 101 Å². The molecule has 220 valence electrons. The van der Waals surface area contributed by atoms with Gasteiger partial charge in [-0.2, -0.15) is 0 Å². The summed E-state index contributed by atoms with van der Waals surface area (Å²) in [6.07, 6.45) is 7.51. The van der Waals surface area contributed by atoms with Gasteiger partial charge in [0.1, 0.15) is 0 Å². The summed E-state index contributed by atoms with van der Waals surface area (Å²) in [5, 5.41) is 0. The zero-order valence-corrected chi connectivity index (χ0v) is 26.2. The molecule has 0 saturated carbocycles. The van der Waals surface area contributed by atoms with Gasteiger partial charge in [-0.25, -0.2) is 0 Å². The normalized spacial score (nSPS) is 24.6. The number of likely N-dealkylation sites (tertiary alicyclic amines) is 1. The molecular weight excluding hydrogens is 494 g/mol. The third-order valence-corrected chi connectivity index (χ3v) is 9.35. The van der Waals surface area contributed by atoms with Crippen LogP contribution in [0.4, 0.5) is 11.4 Å². The number of ether oxygens (including phenoxy) is 1. The Hall–Kier alpha value is -2.37. The Morgan fingerprint density at radius 1 is 1.02 bits per heavy atom. The minimum atomic E-state index is 0.141. The van der Waals surface area contributed by atoms with Gasteiger partial charge in [0, 0.05) is 61.8 Å². The molecule has 0 N–H and O–H groups in total. The van der Waals surface area contributed by atoms with Crippen LogP contribution in [-0.4, -0.2) is 61.8 Å². The fraction of sp³-hybridized carbons (Fsp3) is 0.629. The van der Waals surface area contributed by atoms with Crippen molar-refractivity contribution >= 4 is 17.3 Å². The van der Waals surface area contributed by atoms with Crippen molar-refractivity contribution in [2.24, 2.45) is 5.92 Å². The number of anilines is 2. The Bertz CT molecular complexity index is 1130. The van der Waals surface area contributed by atoms with Gasteiger partial charge in [0.25, 0.3) is 5.91 Å². The van der Waals surface area contributed by atoms with Crippen LogP contribution >= 0.6 is 0 Å². The van der Waals surface area contributed by atoms with E-state index in [4.69, 9.17) is 4.74 Å². The SMILES string of the molecule is CC.CCc1cc(N2CCc3cc(C)ccc3C2=O)ccc1N1CCC2CN(C(C)CC)CC21.C[C@@H]1CCCO1. The van der Waals surface area contributed by atoms with E-state index in [2.05, 4.69) is 74.8 Å². The smallest absolute Gasteiger partial charge is 0.258 e. The fourth-order valence-corrected chi connectivity index (χ4v) is 6.82. The molecule has 0 radical (unpaired) electrons. The lowest BCUT2D eigenvalue weighted by molar-refractivity contribution is 0.0980. The molecule has 4 aliphatic heterocycles. The van der Waals surface area contributed by atoms with Crippen molar-refractivity contribution in [1.82, 2.24) is 4.90 Å². The summed E-state index contributed by atoms with van der Waals surface area (Å²) in [5.74, 6) is 0.930. The van der Waals surface area contributed by atoms with Gasteiger partial charge in [-0.1, -0.05) is 45.4 Å². The Morgan fingerprint density at radius 2 is 1.82 bits per heavy atom. The van der Waals surface area contributed by atoms with E-state index in [0.717, 1.165) is 49.7 Å². The topological polar surface area (TPSA) is 36.0 Å². The predicted molar refractivity (Wildman–Crippen MR) is 169 cm³/mol. The molecule has 4 atom stereocenters. The molecule has 0 bridgehead atoms. The highest BCUT2D eigenvalue weighted by atomic mass is 16.5. The molecule has 3 saturated heterocycles. The van der Waals surface area contributed by atoms with Gasteiger partial charge in [-0.15, -0.1) is 0 Å². The highest BCUT2D eigenvalue weighted by Gasteiger charge is 2.42. The number of benzene rings is 2. The summed E-state index contributed by atoms with van der Waals surface area (Å²) >= 11 is 0. The van der Waals surface area contributed by atoms with Crippen molar-refractivity contribution < 1.29 is 9.53 Å². The first kappa shape index (κ1) is 30.6. The molecule has 0 aromatic heterocycles. The second kappa shape index (κ2) is 14.0. The van der Waals surface area contributed by atoms with Crippen LogP contribution in [0.1, 0.15) is 94.3 Å². The first-order valence-corrected chi connectivity index (χ1v) is 16.1. The van der Waals surface area contributed by atoms with Crippen LogP contribution in [0, 0.1) is 12.8 Å². The molecule has 3 fully saturated rings. The van der Waals surface area contributed by atoms with Crippen molar-refractivity contribution in [2.45, 2.75) is 105 Å². The maximum Gasteiger partial charge on any atom is 0.258 e. The van der Waals surface area contributed by atoms with Crippen molar-refractivity contribution in [3.05, 3.63) is 58.7 Å². The van der Waals surface area contributed by atoms with Crippen molar-refractivity contribution in [2.75, 3.05) is 42.6 Å². The number of carbonyl (C=O) groups is 1. The molecule has 0 aliphatic carbocycles. The van der Waals surface area contributed by atoms with Crippen LogP contribution in [0.3, 0.4) is 0 Å². The van der Waals surface area contributed by atoms with Crippen molar-refractivity contribution in [3.63, 3.8) is 0 Å². The minimum absolute atomic E-state index is 0.141. The highest BCUT2D eigenvalue weighted by Crippen LogP contribution is 2.39. The molecule has 2 aromatic carbocycles. The molecule has 6 rings (SSSR count). The summed E-state index contributed by atoms with van der Waals surface area (Å²) < 4.78 is 5.15. The van der Waals surface area contributed by atoms with E-state index in [1.165, 1.54) is 61.2 Å². The largest absolute Gasteiger partial charge is 0.379 e. The van der Waals surface area contributed by atoms with E-state index < -0.39 is 0 Å². The van der Waals surface area contributed by atoms with Gasteiger partial charge in [0.05, 0.1) is 6.10 Å². The lowest BCUT2D eigenvalue weighted by atomic mass is 9.96. The summed E-state index contributed by atoms with van der Waals surface area (Å²) in [5.41, 5.74) is 7.08. The number of aryl methyl sites for hydroxylation is 2. The van der Waals surface area contributed by atoms with Crippen LogP contribution < -0.4 is 9.80 Å². The molecule has 2 aromatic rings. The maximum atomic E-state index is 13.3. The minimum Gasteiger partial charge on any atom is -0.379 e. The van der Waals surface area contributed by atoms with E-state index in [1.54, 1.807) is 0 Å². The quantitative estimate of drug-likeness (QED) is 0.394. The molecule has 40 heavy (non-hydrogen) atoms. The van der Waals surface area contributed by atoms with Gasteiger partial charge < -0.3 is 14.5 Å². The second-order valence-corrected chi connectivity index (χ2v) is 11.9. The number of nitrogens with zero attached hydrogens (tertiary/aromatic N) is 3. The average molecular weight is 548 g/mol. The molecule has 1 amide bonds. The average Bonchev–Trinajstić information content (AvgIpc) is 3.72. The molecule has 4 heterocycles. The number of hydrogen-bond acceptors (Lipinski definition) is 4. The van der Waals surface area contributed by atoms with Crippen LogP contribution in [0.25, 0.3) is 0 Å². The summed E-state index contributed by atoms with van der Waals surface area (Å²) in [6, 6.07) is 14.3. The van der Waals surface area contributed by atoms with Gasteiger partial charge in [0.2, 0.25) is 0 Å². The fourth-order valence-electron chi connectivity index (χ4n) is 6.82. The zero-order chi connectivity index (χ0) is 28.8. The number of amides is 1. The third-order valence-electron chi connectivity index (χ3n) is 9.35. The van der Waals surface area contributed by atoms with Crippen LogP contribution in [0.15, 0.2) is 36.4 Å². The van der Waals surface area contributed by atoms with Crippen molar-refractivity contribution in [3.8, 4) is 0 Å². The Balaban J connectivity index is 0.000000404. The first-order valence-electron chi connectivity index (χ1n) is 16.1. The Morgan fingerprint density at radius 3 is 2.48 bits per heavy atom. The summed E-state index contributed by atoms with van der Waals surface area (Å²) in [4.78, 5) is 20.6. The lowest BCUT2D eigenvalue weighted by Gasteiger charge is -2.32. The monoisotopic (exact) mass is 547 g/mol. The third kappa shape index (κ3) is 6.57. The predicted octanol–water partition coefficient (Wildman–Crippen LogP) is 7.28. The van der Waals surface area contributed by atoms with Gasteiger partial charge >= 0.3 is 0 Å². The van der Waals surface area contributed by atoms with Crippen LogP contribution in [-0.2, 0) is 17.6 Å². The highest BCUT2D eigenvalue weighted by molar-refractivity contribution is 6.08. The maximum absolute atomic E-state index is 13.3. The van der Waals surface area contributed by atoms with E-state index >= 15 is 0 Å². The van der Waals surface area contributed by atoms with E-state index in [9.17, 15) is 4.79 Å². The van der Waals surface area contributed by atoms with E-state index in [0.29, 0.717) is 18.2 Å². The number of carbonyl (C=O) groups excluding carboxylic acids is 1. The number of fused-ring (bicyclic) bond motifs is 2. The lowest BCUT2D eigenvalue weighted by Crippen LogP contribution is -2.39. The Labute approximate surface area is 243 Å². The molecule has 0 spiro atoms. The number of hydrogen-bond donors (Lipinski definition) is 0. The summed E-state index contributed by atoms with van der Waals surface area (Å²) in [6.45, 7) is 20.5. The molecule has 5 nitrogen and oxygen atoms in total. The molecule has 3 unspecified atom stereocenters. The first-order chi connectivity index (χ1) is 19.4. The van der Waals surface area contributed by atoms with E-state index in [1.807, 2.05) is 24.8 Å². The second-order valence-electron chi connectivity index (χ2n) is 11.9. The molecular formula is C35H53N3O2. The number of rotatable bonds is 5. The molecule has 4 aliphatic rings. The van der Waals surface area contributed by atoms with Gasteiger partial charge in [-0.3, -0.25) is 9.69 Å². The van der Waals surface area contributed by atoms with Gasteiger partial charge in [0.15, 0.2) is 0 Å². The Kier molecular flexibility index (Phi) is 10.7. The summed E-state index contributed by atoms with van der Waals surface area (Å²) in [7, 11) is 0. The molecule has 5 heteroatoms. The van der Waals surface area contributed by atoms with Crippen LogP contribution in [0.2, 0.25) is 0 Å².